The van der Waals surface area contributed by atoms with Gasteiger partial charge < -0.3 is 10.1 Å². The van der Waals surface area contributed by atoms with E-state index in [9.17, 15) is 19.7 Å². The first kappa shape index (κ1) is 18.8. The molecule has 0 saturated carbocycles. The quantitative estimate of drug-likeness (QED) is 0.349. The molecule has 146 valence electrons. The Morgan fingerprint density at radius 3 is 2.21 bits per heavy atom. The van der Waals surface area contributed by atoms with Crippen LogP contribution in [0.25, 0.3) is 0 Å². The summed E-state index contributed by atoms with van der Waals surface area (Å²) in [5.74, 6) is -1.29. The maximum Gasteiger partial charge on any atom is 0.492 e. The van der Waals surface area contributed by atoms with Crippen molar-refractivity contribution < 1.29 is 14.5 Å². The average molecular weight is 409 g/mol. The lowest BCUT2D eigenvalue weighted by Crippen LogP contribution is -2.33. The van der Waals surface area contributed by atoms with Crippen molar-refractivity contribution in [2.24, 2.45) is 0 Å². The van der Waals surface area contributed by atoms with Crippen molar-refractivity contribution in [3.05, 3.63) is 75.3 Å². The molecular weight excluding hydrogens is 394 g/mol. The van der Waals surface area contributed by atoms with Gasteiger partial charge in [0.15, 0.2) is 0 Å². The van der Waals surface area contributed by atoms with Crippen molar-refractivity contribution in [1.82, 2.24) is 19.7 Å². The predicted octanol–water partition coefficient (Wildman–Crippen LogP) is 2.94. The second kappa shape index (κ2) is 7.47. The highest BCUT2D eigenvalue weighted by Gasteiger charge is 2.35. The fraction of sp³-hybridized carbons (Fsp3) is 0.158. The first-order valence-electron chi connectivity index (χ1n) is 8.73. The molecule has 0 N–H and O–H groups in total. The van der Waals surface area contributed by atoms with E-state index in [1.54, 1.807) is 24.3 Å². The summed E-state index contributed by atoms with van der Waals surface area (Å²) in [6, 6.07) is 14.2. The summed E-state index contributed by atoms with van der Waals surface area (Å²) in [6.45, 7) is 2.10. The molecule has 0 fully saturated rings. The molecule has 2 heterocycles. The van der Waals surface area contributed by atoms with Crippen LogP contribution in [0.15, 0.2) is 58.6 Å². The van der Waals surface area contributed by atoms with Crippen LogP contribution in [0, 0.1) is 17.0 Å². The van der Waals surface area contributed by atoms with Crippen LogP contribution < -0.4 is 0 Å². The van der Waals surface area contributed by atoms with Crippen LogP contribution in [0.4, 0.5) is 5.95 Å². The van der Waals surface area contributed by atoms with E-state index in [-0.39, 0.29) is 24.9 Å². The number of amides is 2. The van der Waals surface area contributed by atoms with Gasteiger partial charge in [-0.25, -0.2) is 0 Å². The van der Waals surface area contributed by atoms with Gasteiger partial charge in [-0.1, -0.05) is 29.8 Å². The van der Waals surface area contributed by atoms with Crippen LogP contribution in [-0.4, -0.2) is 42.9 Å². The number of nitro groups is 1. The zero-order valence-corrected chi connectivity index (χ0v) is 16.1. The number of hydrogen-bond donors (Lipinski definition) is 0. The Kier molecular flexibility index (Phi) is 4.85. The van der Waals surface area contributed by atoms with E-state index in [1.165, 1.54) is 16.4 Å². The highest BCUT2D eigenvalue weighted by Crippen LogP contribution is 2.28. The largest absolute Gasteiger partial charge is 0.492 e. The van der Waals surface area contributed by atoms with Gasteiger partial charge in [0.1, 0.15) is 0 Å². The number of carbonyl (C=O) groups excluding carboxylic acids is 2. The molecule has 10 heteroatoms. The minimum atomic E-state index is -0.669. The molecule has 29 heavy (non-hydrogen) atoms. The monoisotopic (exact) mass is 409 g/mol. The van der Waals surface area contributed by atoms with E-state index in [4.69, 9.17) is 0 Å². The van der Waals surface area contributed by atoms with Gasteiger partial charge in [-0.2, -0.15) is 4.68 Å². The Balaban J connectivity index is 1.55. The fourth-order valence-corrected chi connectivity index (χ4v) is 3.81. The van der Waals surface area contributed by atoms with E-state index in [2.05, 4.69) is 10.1 Å². The van der Waals surface area contributed by atoms with Crippen LogP contribution >= 0.6 is 11.8 Å². The van der Waals surface area contributed by atoms with E-state index in [0.29, 0.717) is 16.3 Å². The highest BCUT2D eigenvalue weighted by molar-refractivity contribution is 7.99. The van der Waals surface area contributed by atoms with E-state index in [1.807, 2.05) is 31.2 Å². The van der Waals surface area contributed by atoms with E-state index >= 15 is 0 Å². The molecule has 2 amide bonds. The fourth-order valence-electron chi connectivity index (χ4n) is 2.96. The second-order valence-corrected chi connectivity index (χ2v) is 7.44. The van der Waals surface area contributed by atoms with Crippen LogP contribution in [0.1, 0.15) is 26.3 Å². The lowest BCUT2D eigenvalue weighted by molar-refractivity contribution is -0.394. The number of nitrogens with zero attached hydrogens (tertiary/aromatic N) is 5. The maximum atomic E-state index is 12.5. The molecule has 0 radical (unpaired) electrons. The summed E-state index contributed by atoms with van der Waals surface area (Å²) in [5.41, 5.74) is 1.81. The molecule has 1 aliphatic heterocycles. The SMILES string of the molecule is Cc1ccc(Sc2nc([N+](=O)[O-])nn2CCN2C(=O)c3ccccc3C2=O)cc1. The Morgan fingerprint density at radius 1 is 1.00 bits per heavy atom. The summed E-state index contributed by atoms with van der Waals surface area (Å²) >= 11 is 1.23. The third kappa shape index (κ3) is 3.61. The second-order valence-electron chi connectivity index (χ2n) is 6.40. The smallest absolute Gasteiger partial charge is 0.390 e. The molecule has 9 nitrogen and oxygen atoms in total. The van der Waals surface area contributed by atoms with Gasteiger partial charge in [0.2, 0.25) is 0 Å². The zero-order chi connectivity index (χ0) is 20.5. The van der Waals surface area contributed by atoms with Crippen molar-refractivity contribution >= 4 is 29.5 Å². The van der Waals surface area contributed by atoms with Crippen LogP contribution in [0.2, 0.25) is 0 Å². The summed E-state index contributed by atoms with van der Waals surface area (Å²) < 4.78 is 1.35. The van der Waals surface area contributed by atoms with Crippen LogP contribution in [0.5, 0.6) is 0 Å². The van der Waals surface area contributed by atoms with E-state index < -0.39 is 10.9 Å². The predicted molar refractivity (Wildman–Crippen MR) is 104 cm³/mol. The van der Waals surface area contributed by atoms with Crippen LogP contribution in [-0.2, 0) is 6.54 Å². The number of imide groups is 1. The molecule has 0 spiro atoms. The Morgan fingerprint density at radius 2 is 1.62 bits per heavy atom. The van der Waals surface area contributed by atoms with Crippen molar-refractivity contribution in [2.45, 2.75) is 23.5 Å². The zero-order valence-electron chi connectivity index (χ0n) is 15.3. The number of benzene rings is 2. The molecule has 4 rings (SSSR count). The van der Waals surface area contributed by atoms with Gasteiger partial charge in [-0.3, -0.25) is 14.5 Å². The molecule has 0 saturated heterocycles. The molecule has 1 aromatic heterocycles. The number of rotatable bonds is 6. The molecule has 3 aromatic rings. The van der Waals surface area contributed by atoms with Gasteiger partial charge in [-0.15, -0.1) is 0 Å². The van der Waals surface area contributed by atoms with Gasteiger partial charge in [0.05, 0.1) is 24.2 Å². The van der Waals surface area contributed by atoms with Crippen molar-refractivity contribution in [3.63, 3.8) is 0 Å². The Bertz CT molecular complexity index is 1090. The number of carbonyl (C=O) groups is 2. The Hall–Kier alpha value is -3.53. The topological polar surface area (TPSA) is 111 Å². The average Bonchev–Trinajstić information content (AvgIpc) is 3.22. The summed E-state index contributed by atoms with van der Waals surface area (Å²) in [5, 5.41) is 15.4. The summed E-state index contributed by atoms with van der Waals surface area (Å²) in [6.07, 6.45) is 0. The first-order valence-corrected chi connectivity index (χ1v) is 9.54. The van der Waals surface area contributed by atoms with Crippen LogP contribution in [0.3, 0.4) is 0 Å². The standard InChI is InChI=1S/C19H15N5O4S/c1-12-6-8-13(9-7-12)29-19-20-18(24(27)28)21-23(19)11-10-22-16(25)14-4-2-3-5-15(14)17(22)26/h2-9H,10-11H2,1H3. The number of hydrogen-bond acceptors (Lipinski definition) is 7. The van der Waals surface area contributed by atoms with Crippen molar-refractivity contribution in [3.8, 4) is 0 Å². The van der Waals surface area contributed by atoms with Crippen molar-refractivity contribution in [2.75, 3.05) is 6.54 Å². The highest BCUT2D eigenvalue weighted by atomic mass is 32.2. The summed E-state index contributed by atoms with van der Waals surface area (Å²) in [7, 11) is 0. The number of aryl methyl sites for hydroxylation is 1. The Labute approximate surface area is 169 Å². The normalized spacial score (nSPS) is 13.1. The van der Waals surface area contributed by atoms with Crippen molar-refractivity contribution in [1.29, 1.82) is 0 Å². The molecular formula is C19H15N5O4S. The lowest BCUT2D eigenvalue weighted by atomic mass is 10.1. The lowest BCUT2D eigenvalue weighted by Gasteiger charge is -2.12. The third-order valence-electron chi connectivity index (χ3n) is 4.43. The minimum Gasteiger partial charge on any atom is -0.390 e. The molecule has 0 bridgehead atoms. The molecule has 2 aromatic carbocycles. The number of fused-ring (bicyclic) bond motifs is 1. The van der Waals surface area contributed by atoms with E-state index in [0.717, 1.165) is 15.4 Å². The maximum absolute atomic E-state index is 12.5. The summed E-state index contributed by atoms with van der Waals surface area (Å²) in [4.78, 5) is 41.4. The van der Waals surface area contributed by atoms with Gasteiger partial charge in [0, 0.05) is 9.99 Å². The third-order valence-corrected chi connectivity index (χ3v) is 5.43. The van der Waals surface area contributed by atoms with Gasteiger partial charge in [0.25, 0.3) is 17.0 Å². The molecule has 0 aliphatic carbocycles. The molecule has 1 aliphatic rings. The number of aromatic nitrogens is 3. The first-order chi connectivity index (χ1) is 13.9. The van der Waals surface area contributed by atoms with Gasteiger partial charge in [-0.05, 0) is 52.9 Å². The molecule has 0 unspecified atom stereocenters. The van der Waals surface area contributed by atoms with Gasteiger partial charge >= 0.3 is 5.95 Å². The molecule has 0 atom stereocenters. The minimum absolute atomic E-state index is 0.0360.